The Bertz CT molecular complexity index is 2070. The summed E-state index contributed by atoms with van der Waals surface area (Å²) < 4.78 is 10.4. The Morgan fingerprint density at radius 2 is 1.76 bits per heavy atom. The van der Waals surface area contributed by atoms with Crippen molar-refractivity contribution >= 4 is 45.7 Å². The van der Waals surface area contributed by atoms with Crippen molar-refractivity contribution in [3.63, 3.8) is 0 Å². The van der Waals surface area contributed by atoms with E-state index < -0.39 is 4.75 Å². The number of amides is 2. The van der Waals surface area contributed by atoms with E-state index in [2.05, 4.69) is 48.6 Å². The van der Waals surface area contributed by atoms with Gasteiger partial charge < -0.3 is 19.7 Å². The first kappa shape index (κ1) is 31.1. The zero-order valence-electron chi connectivity index (χ0n) is 27.0. The van der Waals surface area contributed by atoms with Crippen molar-refractivity contribution in [1.29, 1.82) is 0 Å². The van der Waals surface area contributed by atoms with Crippen molar-refractivity contribution in [2.45, 2.75) is 17.6 Å². The van der Waals surface area contributed by atoms with E-state index in [0.29, 0.717) is 62.2 Å². The van der Waals surface area contributed by atoms with Gasteiger partial charge in [0.05, 0.1) is 12.1 Å². The molecule has 2 aromatic heterocycles. The summed E-state index contributed by atoms with van der Waals surface area (Å²) in [5.74, 6) is 2.14. The molecule has 5 aromatic rings. The van der Waals surface area contributed by atoms with Crippen LogP contribution in [0.5, 0.6) is 11.5 Å². The number of carbonyl (C=O) groups is 2. The first-order valence-electron chi connectivity index (χ1n) is 16.3. The number of carbonyl (C=O) groups excluding carboxylic acids is 2. The smallest absolute Gasteiger partial charge is 0.241 e. The molecule has 0 bridgehead atoms. The normalized spacial score (nSPS) is 18.9. The van der Waals surface area contributed by atoms with Gasteiger partial charge in [0, 0.05) is 60.8 Å². The quantitative estimate of drug-likeness (QED) is 0.220. The van der Waals surface area contributed by atoms with Gasteiger partial charge in [0.1, 0.15) is 10.4 Å². The van der Waals surface area contributed by atoms with Crippen molar-refractivity contribution in [1.82, 2.24) is 30.0 Å². The summed E-state index contributed by atoms with van der Waals surface area (Å²) in [5, 5.41) is 11.7. The van der Waals surface area contributed by atoms with Crippen LogP contribution in [0.15, 0.2) is 85.2 Å². The molecule has 1 atom stereocenters. The average molecular weight is 674 g/mol. The van der Waals surface area contributed by atoms with Crippen molar-refractivity contribution in [3.8, 4) is 34.1 Å². The summed E-state index contributed by atoms with van der Waals surface area (Å²) >= 11 is 1.55. The van der Waals surface area contributed by atoms with Crippen LogP contribution in [0.1, 0.15) is 18.4 Å². The van der Waals surface area contributed by atoms with Gasteiger partial charge in [-0.3, -0.25) is 19.6 Å². The van der Waals surface area contributed by atoms with E-state index in [1.54, 1.807) is 30.2 Å². The fraction of sp³-hybridized carbons (Fsp3) is 0.270. The molecule has 49 heavy (non-hydrogen) atoms. The predicted molar refractivity (Wildman–Crippen MR) is 190 cm³/mol. The molecule has 2 amide bonds. The lowest BCUT2D eigenvalue weighted by atomic mass is 9.98. The molecule has 3 aromatic carbocycles. The lowest BCUT2D eigenvalue weighted by Crippen LogP contribution is -2.45. The molecule has 248 valence electrons. The van der Waals surface area contributed by atoms with Crippen molar-refractivity contribution in [2.24, 2.45) is 0 Å². The molecule has 0 radical (unpaired) electrons. The third kappa shape index (κ3) is 6.13. The van der Waals surface area contributed by atoms with Gasteiger partial charge in [0.25, 0.3) is 0 Å². The molecule has 11 nitrogen and oxygen atoms in total. The van der Waals surface area contributed by atoms with Crippen LogP contribution in [0.3, 0.4) is 0 Å². The number of hydrogen-bond donors (Lipinski definition) is 2. The lowest BCUT2D eigenvalue weighted by molar-refractivity contribution is -0.132. The van der Waals surface area contributed by atoms with E-state index in [9.17, 15) is 9.59 Å². The zero-order valence-corrected chi connectivity index (χ0v) is 27.8. The predicted octanol–water partition coefficient (Wildman–Crippen LogP) is 5.48. The van der Waals surface area contributed by atoms with Crippen LogP contribution in [0.4, 0.5) is 5.69 Å². The number of anilines is 1. The molecule has 3 aliphatic heterocycles. The van der Waals surface area contributed by atoms with Crippen molar-refractivity contribution in [2.75, 3.05) is 51.1 Å². The zero-order chi connectivity index (χ0) is 33.4. The third-order valence-electron chi connectivity index (χ3n) is 9.58. The first-order valence-corrected chi connectivity index (χ1v) is 17.5. The van der Waals surface area contributed by atoms with Gasteiger partial charge in [-0.25, -0.2) is 9.97 Å². The molecule has 12 heteroatoms. The number of aromatic amines is 1. The van der Waals surface area contributed by atoms with Crippen LogP contribution in [-0.2, 0) is 9.59 Å². The molecular formula is C37H35N7O4S. The Morgan fingerprint density at radius 3 is 2.55 bits per heavy atom. The number of ether oxygens (including phenoxy) is 2. The number of aromatic nitrogens is 4. The minimum atomic E-state index is -0.655. The maximum absolute atomic E-state index is 13.8. The highest BCUT2D eigenvalue weighted by Gasteiger charge is 2.44. The minimum absolute atomic E-state index is 0.0576. The lowest BCUT2D eigenvalue weighted by Gasteiger charge is -2.29. The number of benzene rings is 3. The Balaban J connectivity index is 0.888. The number of thioether (sulfide) groups is 1. The fourth-order valence-corrected chi connectivity index (χ4v) is 7.61. The van der Waals surface area contributed by atoms with E-state index in [1.165, 1.54) is 5.57 Å². The van der Waals surface area contributed by atoms with E-state index in [4.69, 9.17) is 9.47 Å². The molecule has 1 fully saturated rings. The molecule has 1 saturated heterocycles. The Hall–Kier alpha value is -5.20. The van der Waals surface area contributed by atoms with Gasteiger partial charge >= 0.3 is 0 Å². The SMILES string of the molecule is CS[C@@]1(C(=O)Nc2ccc3[nH]nc(-c4ccc5c(c4)OCO5)c3c2)CCN(CC(=O)N2CC=C(c3ccc(-c4ncccn4)cc3)CC2)C1. The first-order chi connectivity index (χ1) is 24.0. The molecular weight excluding hydrogens is 639 g/mol. The molecule has 8 rings (SSSR count). The standard InChI is InChI=1S/C37H35N7O4S/c1-49-37(36(46)40-28-8-9-30-29(20-28)34(42-41-30)27-7-10-31-32(19-27)48-23-47-31)13-18-43(22-37)21-33(45)44-16-11-25(12-17-44)24-3-5-26(6-4-24)35-38-14-2-15-39-35/h2-11,14-15,19-20H,12-13,16-18,21-23H2,1H3,(H,40,46)(H,41,42)/t37-/m0/s1. The van der Waals surface area contributed by atoms with Gasteiger partial charge in [-0.05, 0) is 72.7 Å². The molecule has 0 saturated carbocycles. The molecule has 0 aliphatic carbocycles. The van der Waals surface area contributed by atoms with Gasteiger partial charge in [-0.2, -0.15) is 5.10 Å². The highest BCUT2D eigenvalue weighted by atomic mass is 32.2. The average Bonchev–Trinajstić information content (AvgIpc) is 3.91. The summed E-state index contributed by atoms with van der Waals surface area (Å²) in [6.07, 6.45) is 9.06. The van der Waals surface area contributed by atoms with Gasteiger partial charge in [-0.15, -0.1) is 11.8 Å². The second-order valence-electron chi connectivity index (χ2n) is 12.5. The second kappa shape index (κ2) is 13.0. The molecule has 3 aliphatic rings. The van der Waals surface area contributed by atoms with Gasteiger partial charge in [0.2, 0.25) is 18.6 Å². The van der Waals surface area contributed by atoms with E-state index >= 15 is 0 Å². The van der Waals surface area contributed by atoms with Crippen LogP contribution in [0.25, 0.3) is 39.1 Å². The van der Waals surface area contributed by atoms with E-state index in [-0.39, 0.29) is 18.6 Å². The summed E-state index contributed by atoms with van der Waals surface area (Å²) in [6.45, 7) is 2.93. The van der Waals surface area contributed by atoms with Crippen LogP contribution in [-0.4, -0.2) is 92.3 Å². The van der Waals surface area contributed by atoms with Crippen LogP contribution in [0, 0.1) is 0 Å². The maximum Gasteiger partial charge on any atom is 0.241 e. The van der Waals surface area contributed by atoms with Crippen molar-refractivity contribution < 1.29 is 19.1 Å². The number of hydrogen-bond acceptors (Lipinski definition) is 9. The highest BCUT2D eigenvalue weighted by Crippen LogP contribution is 2.39. The number of likely N-dealkylation sites (tertiary alicyclic amines) is 1. The monoisotopic (exact) mass is 673 g/mol. The highest BCUT2D eigenvalue weighted by molar-refractivity contribution is 8.00. The molecule has 0 spiro atoms. The molecule has 5 heterocycles. The Kier molecular flexibility index (Phi) is 8.26. The summed E-state index contributed by atoms with van der Waals surface area (Å²) in [5.41, 5.74) is 6.59. The van der Waals surface area contributed by atoms with Gasteiger partial charge in [0.15, 0.2) is 17.3 Å². The number of fused-ring (bicyclic) bond motifs is 2. The van der Waals surface area contributed by atoms with E-state index in [0.717, 1.165) is 39.7 Å². The topological polar surface area (TPSA) is 126 Å². The Labute approximate surface area is 287 Å². The number of rotatable bonds is 8. The number of nitrogens with zero attached hydrogens (tertiary/aromatic N) is 5. The fourth-order valence-electron chi connectivity index (χ4n) is 6.77. The van der Waals surface area contributed by atoms with Gasteiger partial charge in [-0.1, -0.05) is 30.3 Å². The minimum Gasteiger partial charge on any atom is -0.454 e. The summed E-state index contributed by atoms with van der Waals surface area (Å²) in [7, 11) is 0. The van der Waals surface area contributed by atoms with Crippen LogP contribution < -0.4 is 14.8 Å². The Morgan fingerprint density at radius 1 is 0.959 bits per heavy atom. The third-order valence-corrected chi connectivity index (χ3v) is 10.9. The largest absolute Gasteiger partial charge is 0.454 e. The number of nitrogens with one attached hydrogen (secondary N) is 2. The summed E-state index contributed by atoms with van der Waals surface area (Å²) in [6, 6.07) is 21.6. The van der Waals surface area contributed by atoms with Crippen LogP contribution in [0.2, 0.25) is 0 Å². The van der Waals surface area contributed by atoms with E-state index in [1.807, 2.05) is 59.7 Å². The molecule has 2 N–H and O–H groups in total. The van der Waals surface area contributed by atoms with Crippen molar-refractivity contribution in [3.05, 3.63) is 90.8 Å². The second-order valence-corrected chi connectivity index (χ2v) is 13.7. The molecule has 0 unspecified atom stereocenters. The summed E-state index contributed by atoms with van der Waals surface area (Å²) in [4.78, 5) is 39.9. The maximum atomic E-state index is 13.8. The number of H-pyrrole nitrogens is 1. The van der Waals surface area contributed by atoms with Crippen LogP contribution >= 0.6 is 11.8 Å².